The number of hydrogen-bond acceptors (Lipinski definition) is 4. The average Bonchev–Trinajstić information content (AvgIpc) is 3.09. The number of alkyl carbamates (subject to hydrolysis) is 1. The first-order chi connectivity index (χ1) is 15.0. The molecule has 4 rings (SSSR count). The fraction of sp³-hybridized carbons (Fsp3) is 0.375. The minimum atomic E-state index is -1.01. The molecule has 7 heteroatoms. The number of carbonyl (C=O) groups is 3. The lowest BCUT2D eigenvalue weighted by atomic mass is 9.92. The van der Waals surface area contributed by atoms with Gasteiger partial charge in [-0.2, -0.15) is 0 Å². The Hall–Kier alpha value is -3.35. The molecule has 2 aromatic rings. The van der Waals surface area contributed by atoms with Gasteiger partial charge in [0.2, 0.25) is 5.91 Å². The predicted molar refractivity (Wildman–Crippen MR) is 115 cm³/mol. The van der Waals surface area contributed by atoms with Gasteiger partial charge in [-0.25, -0.2) is 9.59 Å². The van der Waals surface area contributed by atoms with Crippen LogP contribution in [0.5, 0.6) is 0 Å². The Morgan fingerprint density at radius 1 is 1.06 bits per heavy atom. The molecule has 0 spiro atoms. The largest absolute Gasteiger partial charge is 0.480 e. The molecule has 1 heterocycles. The van der Waals surface area contributed by atoms with E-state index in [0.29, 0.717) is 13.0 Å². The van der Waals surface area contributed by atoms with Crippen molar-refractivity contribution in [3.8, 4) is 11.1 Å². The van der Waals surface area contributed by atoms with Crippen LogP contribution in [0.2, 0.25) is 0 Å². The second-order valence-corrected chi connectivity index (χ2v) is 8.25. The van der Waals surface area contributed by atoms with E-state index in [1.165, 1.54) is 4.90 Å². The number of piperidine rings is 1. The van der Waals surface area contributed by atoms with Crippen LogP contribution in [-0.2, 0) is 14.3 Å². The average molecular weight is 422 g/mol. The molecule has 2 unspecified atom stereocenters. The Morgan fingerprint density at radius 2 is 1.68 bits per heavy atom. The SMILES string of the molecule is CC1CCN(C(=O)CNC(=O)OCC2c3ccccc3-c3ccccc32)C(C(=O)O)C1. The predicted octanol–water partition coefficient (Wildman–Crippen LogP) is 3.24. The maximum atomic E-state index is 12.5. The van der Waals surface area contributed by atoms with Crippen molar-refractivity contribution in [2.45, 2.75) is 31.7 Å². The highest BCUT2D eigenvalue weighted by molar-refractivity contribution is 5.87. The lowest BCUT2D eigenvalue weighted by Crippen LogP contribution is -2.52. The molecular formula is C24H26N2O5. The summed E-state index contributed by atoms with van der Waals surface area (Å²) in [4.78, 5) is 37.6. The number of aliphatic carboxylic acids is 1. The van der Waals surface area contributed by atoms with Crippen molar-refractivity contribution < 1.29 is 24.2 Å². The van der Waals surface area contributed by atoms with E-state index in [4.69, 9.17) is 4.74 Å². The van der Waals surface area contributed by atoms with Gasteiger partial charge in [0.15, 0.2) is 0 Å². The van der Waals surface area contributed by atoms with Crippen LogP contribution in [0.4, 0.5) is 4.79 Å². The summed E-state index contributed by atoms with van der Waals surface area (Å²) in [7, 11) is 0. The quantitative estimate of drug-likeness (QED) is 0.771. The first kappa shape index (κ1) is 20.9. The summed E-state index contributed by atoms with van der Waals surface area (Å²) in [5.41, 5.74) is 4.50. The maximum Gasteiger partial charge on any atom is 0.407 e. The highest BCUT2D eigenvalue weighted by Gasteiger charge is 2.35. The number of likely N-dealkylation sites (tertiary alicyclic amines) is 1. The number of rotatable bonds is 5. The van der Waals surface area contributed by atoms with Crippen LogP contribution in [0.25, 0.3) is 11.1 Å². The summed E-state index contributed by atoms with van der Waals surface area (Å²) in [5, 5.41) is 11.9. The summed E-state index contributed by atoms with van der Waals surface area (Å²) in [6.45, 7) is 2.23. The topological polar surface area (TPSA) is 95.9 Å². The van der Waals surface area contributed by atoms with Crippen LogP contribution in [0.1, 0.15) is 36.8 Å². The maximum absolute atomic E-state index is 12.5. The second-order valence-electron chi connectivity index (χ2n) is 8.25. The van der Waals surface area contributed by atoms with E-state index in [0.717, 1.165) is 28.7 Å². The van der Waals surface area contributed by atoms with Crippen molar-refractivity contribution in [1.29, 1.82) is 0 Å². The van der Waals surface area contributed by atoms with Gasteiger partial charge in [0.05, 0.1) is 0 Å². The normalized spacial score (nSPS) is 20.0. The molecule has 7 nitrogen and oxygen atoms in total. The minimum absolute atomic E-state index is 0.0613. The van der Waals surface area contributed by atoms with E-state index in [9.17, 15) is 19.5 Å². The molecule has 0 radical (unpaired) electrons. The molecular weight excluding hydrogens is 396 g/mol. The van der Waals surface area contributed by atoms with Crippen molar-refractivity contribution in [3.05, 3.63) is 59.7 Å². The minimum Gasteiger partial charge on any atom is -0.480 e. The Morgan fingerprint density at radius 3 is 2.29 bits per heavy atom. The van der Waals surface area contributed by atoms with E-state index in [1.54, 1.807) is 0 Å². The molecule has 0 aromatic heterocycles. The van der Waals surface area contributed by atoms with Gasteiger partial charge < -0.3 is 20.1 Å². The fourth-order valence-electron chi connectivity index (χ4n) is 4.57. The molecule has 1 fully saturated rings. The van der Waals surface area contributed by atoms with Gasteiger partial charge in [0, 0.05) is 12.5 Å². The lowest BCUT2D eigenvalue weighted by Gasteiger charge is -2.36. The monoisotopic (exact) mass is 422 g/mol. The van der Waals surface area contributed by atoms with Gasteiger partial charge in [0.1, 0.15) is 19.2 Å². The lowest BCUT2D eigenvalue weighted by molar-refractivity contribution is -0.152. The number of hydrogen-bond donors (Lipinski definition) is 2. The molecule has 1 saturated heterocycles. The van der Waals surface area contributed by atoms with Crippen LogP contribution in [0.15, 0.2) is 48.5 Å². The summed E-state index contributed by atoms with van der Waals surface area (Å²) in [6.07, 6.45) is 0.486. The summed E-state index contributed by atoms with van der Waals surface area (Å²) in [5.74, 6) is -1.23. The third kappa shape index (κ3) is 4.26. The third-order valence-corrected chi connectivity index (χ3v) is 6.20. The van der Waals surface area contributed by atoms with Crippen LogP contribution in [-0.4, -0.2) is 53.7 Å². The van der Waals surface area contributed by atoms with E-state index in [-0.39, 0.29) is 25.0 Å². The Labute approximate surface area is 181 Å². The van der Waals surface area contributed by atoms with Gasteiger partial charge in [-0.15, -0.1) is 0 Å². The van der Waals surface area contributed by atoms with E-state index in [1.807, 2.05) is 43.3 Å². The molecule has 1 aliphatic heterocycles. The molecule has 2 N–H and O–H groups in total. The van der Waals surface area contributed by atoms with Crippen molar-refractivity contribution in [1.82, 2.24) is 10.2 Å². The van der Waals surface area contributed by atoms with Gasteiger partial charge in [-0.3, -0.25) is 4.79 Å². The number of carbonyl (C=O) groups excluding carboxylic acids is 2. The number of nitrogens with one attached hydrogen (secondary N) is 1. The Kier molecular flexibility index (Phi) is 5.93. The molecule has 1 aliphatic carbocycles. The number of carboxylic acid groups (broad SMARTS) is 1. The summed E-state index contributed by atoms with van der Waals surface area (Å²) >= 11 is 0. The second kappa shape index (κ2) is 8.79. The first-order valence-electron chi connectivity index (χ1n) is 10.6. The summed E-state index contributed by atoms with van der Waals surface area (Å²) < 4.78 is 5.43. The number of amides is 2. The zero-order chi connectivity index (χ0) is 22.0. The van der Waals surface area contributed by atoms with Crippen molar-refractivity contribution in [3.63, 3.8) is 0 Å². The zero-order valence-electron chi connectivity index (χ0n) is 17.4. The van der Waals surface area contributed by atoms with Gasteiger partial charge in [-0.1, -0.05) is 55.5 Å². The van der Waals surface area contributed by atoms with Crippen LogP contribution < -0.4 is 5.32 Å². The number of ether oxygens (including phenoxy) is 1. The van der Waals surface area contributed by atoms with Gasteiger partial charge in [0.25, 0.3) is 0 Å². The van der Waals surface area contributed by atoms with Crippen molar-refractivity contribution in [2.75, 3.05) is 19.7 Å². The fourth-order valence-corrected chi connectivity index (χ4v) is 4.57. The van der Waals surface area contributed by atoms with E-state index in [2.05, 4.69) is 17.4 Å². The van der Waals surface area contributed by atoms with Crippen LogP contribution >= 0.6 is 0 Å². The number of carboxylic acids is 1. The molecule has 31 heavy (non-hydrogen) atoms. The smallest absolute Gasteiger partial charge is 0.407 e. The molecule has 2 aromatic carbocycles. The molecule has 2 aliphatic rings. The highest BCUT2D eigenvalue weighted by atomic mass is 16.5. The Balaban J connectivity index is 1.34. The highest BCUT2D eigenvalue weighted by Crippen LogP contribution is 2.44. The summed E-state index contributed by atoms with van der Waals surface area (Å²) in [6, 6.07) is 15.3. The molecule has 162 valence electrons. The molecule has 2 atom stereocenters. The molecule has 2 amide bonds. The molecule has 0 saturated carbocycles. The van der Waals surface area contributed by atoms with E-state index < -0.39 is 24.0 Å². The molecule has 0 bridgehead atoms. The number of benzene rings is 2. The van der Waals surface area contributed by atoms with Crippen LogP contribution in [0, 0.1) is 5.92 Å². The Bertz CT molecular complexity index is 959. The van der Waals surface area contributed by atoms with E-state index >= 15 is 0 Å². The zero-order valence-corrected chi connectivity index (χ0v) is 17.4. The van der Waals surface area contributed by atoms with Crippen molar-refractivity contribution >= 4 is 18.0 Å². The number of fused-ring (bicyclic) bond motifs is 3. The van der Waals surface area contributed by atoms with Gasteiger partial charge >= 0.3 is 12.1 Å². The van der Waals surface area contributed by atoms with Crippen molar-refractivity contribution in [2.24, 2.45) is 5.92 Å². The number of nitrogens with zero attached hydrogens (tertiary/aromatic N) is 1. The van der Waals surface area contributed by atoms with Gasteiger partial charge in [-0.05, 0) is 41.0 Å². The third-order valence-electron chi connectivity index (χ3n) is 6.20. The van der Waals surface area contributed by atoms with Crippen LogP contribution in [0.3, 0.4) is 0 Å². The first-order valence-corrected chi connectivity index (χ1v) is 10.6. The standard InChI is InChI=1S/C24H26N2O5/c1-15-10-11-26(21(12-15)23(28)29)22(27)13-25-24(30)31-14-20-18-8-4-2-6-16(18)17-7-3-5-9-19(17)20/h2-9,15,20-21H,10-14H2,1H3,(H,25,30)(H,28,29).